The molecule has 1 rings (SSSR count). The van der Waals surface area contributed by atoms with Gasteiger partial charge in [0.15, 0.2) is 0 Å². The molecule has 0 saturated heterocycles. The van der Waals surface area contributed by atoms with Crippen molar-refractivity contribution in [3.8, 4) is 0 Å². The minimum absolute atomic E-state index is 0.0114. The first-order valence-corrected chi connectivity index (χ1v) is 9.72. The zero-order chi connectivity index (χ0) is 21.5. The van der Waals surface area contributed by atoms with Crippen LogP contribution >= 0.6 is 9.24 Å². The van der Waals surface area contributed by atoms with Gasteiger partial charge in [0.25, 0.3) is 0 Å². The molecule has 0 heterocycles. The molecular weight excluding hydrogens is 387 g/mol. The fourth-order valence-corrected chi connectivity index (χ4v) is 3.20. The minimum atomic E-state index is -4.53. The van der Waals surface area contributed by atoms with E-state index in [1.807, 2.05) is 59.3 Å². The maximum absolute atomic E-state index is 14.3. The molecular formula is C21H29F4N2P. The van der Waals surface area contributed by atoms with Crippen molar-refractivity contribution in [2.75, 3.05) is 13.6 Å². The SMILES string of the molecule is CC/C=C\C=C(/C)C(c1ccc(C(F)(F)F)cc1C(F)P)N(C)C/C=C(\C)N. The quantitative estimate of drug-likeness (QED) is 0.306. The summed E-state index contributed by atoms with van der Waals surface area (Å²) in [5.41, 5.74) is 6.90. The Morgan fingerprint density at radius 2 is 1.89 bits per heavy atom. The summed E-state index contributed by atoms with van der Waals surface area (Å²) in [6, 6.07) is 2.88. The van der Waals surface area contributed by atoms with E-state index in [0.29, 0.717) is 17.8 Å². The fourth-order valence-electron chi connectivity index (χ4n) is 2.91. The molecule has 0 aliphatic carbocycles. The summed E-state index contributed by atoms with van der Waals surface area (Å²) in [5, 5.41) is 0. The van der Waals surface area contributed by atoms with Crippen LogP contribution in [0.25, 0.3) is 0 Å². The third-order valence-electron chi connectivity index (χ3n) is 4.31. The van der Waals surface area contributed by atoms with E-state index in [1.165, 1.54) is 6.07 Å². The number of likely N-dealkylation sites (N-methyl/N-ethyl adjacent to an activating group) is 1. The van der Waals surface area contributed by atoms with E-state index in [-0.39, 0.29) is 5.56 Å². The molecule has 2 N–H and O–H groups in total. The molecule has 0 aliphatic rings. The monoisotopic (exact) mass is 416 g/mol. The standard InChI is InChI=1S/C21H29F4N2P/c1-5-6-7-8-14(2)19(27(4)12-11-15(3)26)17-10-9-16(21(23,24)25)13-18(17)20(22)28/h6-11,13,19-20H,5,12,26,28H2,1-4H3/b7-6-,14-8+,15-11+. The number of rotatable bonds is 8. The van der Waals surface area contributed by atoms with E-state index in [2.05, 4.69) is 0 Å². The van der Waals surface area contributed by atoms with Crippen molar-refractivity contribution in [2.45, 2.75) is 45.3 Å². The minimum Gasteiger partial charge on any atom is -0.402 e. The van der Waals surface area contributed by atoms with Crippen molar-refractivity contribution >= 4 is 9.24 Å². The van der Waals surface area contributed by atoms with Crippen LogP contribution in [0.3, 0.4) is 0 Å². The Labute approximate surface area is 167 Å². The van der Waals surface area contributed by atoms with E-state index in [0.717, 1.165) is 24.1 Å². The van der Waals surface area contributed by atoms with Crippen molar-refractivity contribution in [3.63, 3.8) is 0 Å². The Balaban J connectivity index is 3.53. The summed E-state index contributed by atoms with van der Waals surface area (Å²) in [6.45, 7) is 6.13. The molecule has 156 valence electrons. The van der Waals surface area contributed by atoms with E-state index in [4.69, 9.17) is 5.73 Å². The predicted octanol–water partition coefficient (Wildman–Crippen LogP) is 6.30. The topological polar surface area (TPSA) is 29.3 Å². The van der Waals surface area contributed by atoms with Crippen LogP contribution in [-0.2, 0) is 6.18 Å². The molecule has 28 heavy (non-hydrogen) atoms. The number of hydrogen-bond acceptors (Lipinski definition) is 2. The molecule has 1 aromatic rings. The van der Waals surface area contributed by atoms with Crippen molar-refractivity contribution in [1.82, 2.24) is 4.90 Å². The highest BCUT2D eigenvalue weighted by atomic mass is 31.0. The zero-order valence-corrected chi connectivity index (χ0v) is 17.9. The molecule has 0 aliphatic heterocycles. The van der Waals surface area contributed by atoms with Gasteiger partial charge in [-0.2, -0.15) is 13.2 Å². The zero-order valence-electron chi connectivity index (χ0n) is 16.7. The summed E-state index contributed by atoms with van der Waals surface area (Å²) in [7, 11) is 3.78. The van der Waals surface area contributed by atoms with Crippen molar-refractivity contribution in [3.05, 3.63) is 70.5 Å². The third kappa shape index (κ3) is 7.06. The average molecular weight is 416 g/mol. The first-order chi connectivity index (χ1) is 13.0. The molecule has 0 saturated carbocycles. The highest BCUT2D eigenvalue weighted by Crippen LogP contribution is 2.40. The molecule has 0 bridgehead atoms. The molecule has 0 spiro atoms. The van der Waals surface area contributed by atoms with Gasteiger partial charge in [0.2, 0.25) is 0 Å². The Morgan fingerprint density at radius 1 is 1.25 bits per heavy atom. The van der Waals surface area contributed by atoms with Crippen molar-refractivity contribution in [2.24, 2.45) is 5.73 Å². The van der Waals surface area contributed by atoms with Crippen LogP contribution in [0.15, 0.2) is 53.8 Å². The Hall–Kier alpha value is -1.65. The lowest BCUT2D eigenvalue weighted by atomic mass is 9.92. The van der Waals surface area contributed by atoms with Gasteiger partial charge in [-0.25, -0.2) is 4.39 Å². The van der Waals surface area contributed by atoms with Gasteiger partial charge in [0.05, 0.1) is 11.6 Å². The summed E-state index contributed by atoms with van der Waals surface area (Å²) in [6.07, 6.45) is 3.94. The smallest absolute Gasteiger partial charge is 0.402 e. The molecule has 3 atom stereocenters. The number of benzene rings is 1. The van der Waals surface area contributed by atoms with E-state index in [1.54, 1.807) is 6.92 Å². The Kier molecular flexibility index (Phi) is 9.38. The lowest BCUT2D eigenvalue weighted by Crippen LogP contribution is -2.27. The van der Waals surface area contributed by atoms with Crippen LogP contribution in [0.5, 0.6) is 0 Å². The van der Waals surface area contributed by atoms with Crippen LogP contribution in [0, 0.1) is 0 Å². The van der Waals surface area contributed by atoms with Gasteiger partial charge in [-0.3, -0.25) is 4.90 Å². The first kappa shape index (κ1) is 24.4. The average Bonchev–Trinajstić information content (AvgIpc) is 2.59. The Morgan fingerprint density at radius 3 is 2.39 bits per heavy atom. The van der Waals surface area contributed by atoms with Crippen LogP contribution in [0.2, 0.25) is 0 Å². The molecule has 0 aromatic heterocycles. The van der Waals surface area contributed by atoms with Crippen LogP contribution in [0.1, 0.15) is 55.8 Å². The van der Waals surface area contributed by atoms with Crippen LogP contribution in [-0.4, -0.2) is 18.5 Å². The number of hydrogen-bond donors (Lipinski definition) is 1. The number of alkyl halides is 4. The molecule has 0 fully saturated rings. The van der Waals surface area contributed by atoms with Crippen molar-refractivity contribution < 1.29 is 17.6 Å². The molecule has 0 radical (unpaired) electrons. The van der Waals surface area contributed by atoms with Gasteiger partial charge in [0, 0.05) is 12.2 Å². The first-order valence-electron chi connectivity index (χ1n) is 9.05. The van der Waals surface area contributed by atoms with Gasteiger partial charge < -0.3 is 5.73 Å². The lowest BCUT2D eigenvalue weighted by Gasteiger charge is -2.31. The fraction of sp³-hybridized carbons (Fsp3) is 0.429. The summed E-state index contributed by atoms with van der Waals surface area (Å²) < 4.78 is 53.6. The molecule has 3 unspecified atom stereocenters. The maximum atomic E-state index is 14.3. The highest BCUT2D eigenvalue weighted by molar-refractivity contribution is 7.16. The molecule has 7 heteroatoms. The normalized spacial score (nSPS) is 16.1. The third-order valence-corrected chi connectivity index (χ3v) is 4.67. The van der Waals surface area contributed by atoms with Crippen LogP contribution < -0.4 is 5.73 Å². The van der Waals surface area contributed by atoms with E-state index >= 15 is 0 Å². The van der Waals surface area contributed by atoms with Gasteiger partial charge in [-0.05, 0) is 50.6 Å². The summed E-state index contributed by atoms with van der Waals surface area (Å²) >= 11 is 0. The van der Waals surface area contributed by atoms with Gasteiger partial charge in [-0.15, -0.1) is 0 Å². The summed E-state index contributed by atoms with van der Waals surface area (Å²) in [4.78, 5) is 1.93. The number of allylic oxidation sites excluding steroid dienone is 4. The molecule has 1 aromatic carbocycles. The predicted molar refractivity (Wildman–Crippen MR) is 112 cm³/mol. The Bertz CT molecular complexity index is 732. The summed E-state index contributed by atoms with van der Waals surface area (Å²) in [5.74, 6) is -1.61. The number of nitrogens with zero attached hydrogens (tertiary/aromatic N) is 1. The second-order valence-electron chi connectivity index (χ2n) is 6.78. The van der Waals surface area contributed by atoms with Gasteiger partial charge in [-0.1, -0.05) is 52.1 Å². The highest BCUT2D eigenvalue weighted by Gasteiger charge is 2.33. The van der Waals surface area contributed by atoms with Crippen molar-refractivity contribution in [1.29, 1.82) is 0 Å². The molecule has 2 nitrogen and oxygen atoms in total. The van der Waals surface area contributed by atoms with E-state index < -0.39 is 23.7 Å². The van der Waals surface area contributed by atoms with E-state index in [9.17, 15) is 17.6 Å². The number of nitrogens with two attached hydrogens (primary N) is 1. The van der Waals surface area contributed by atoms with Crippen LogP contribution in [0.4, 0.5) is 17.6 Å². The second kappa shape index (κ2) is 10.8. The van der Waals surface area contributed by atoms with Gasteiger partial charge >= 0.3 is 6.18 Å². The van der Waals surface area contributed by atoms with Gasteiger partial charge in [0.1, 0.15) is 5.91 Å². The lowest BCUT2D eigenvalue weighted by molar-refractivity contribution is -0.137. The maximum Gasteiger partial charge on any atom is 0.416 e. The molecule has 0 amide bonds. The second-order valence-corrected chi connectivity index (χ2v) is 7.37. The largest absolute Gasteiger partial charge is 0.416 e. The number of halogens is 4.